The topological polar surface area (TPSA) is 17.1 Å². The van der Waals surface area contributed by atoms with Crippen molar-refractivity contribution in [2.75, 3.05) is 0 Å². The van der Waals surface area contributed by atoms with Gasteiger partial charge in [-0.2, -0.15) is 0 Å². The summed E-state index contributed by atoms with van der Waals surface area (Å²) in [5.74, 6) is -0.543. The van der Waals surface area contributed by atoms with Crippen LogP contribution in [0.3, 0.4) is 0 Å². The van der Waals surface area contributed by atoms with Gasteiger partial charge in [-0.15, -0.1) is 0 Å². The lowest BCUT2D eigenvalue weighted by molar-refractivity contribution is 0.0992. The molecule has 2 aromatic carbocycles. The first-order chi connectivity index (χ1) is 9.77. The van der Waals surface area contributed by atoms with Crippen LogP contribution in [-0.4, -0.2) is 5.78 Å². The second-order valence-electron chi connectivity index (χ2n) is 6.16. The van der Waals surface area contributed by atoms with Crippen molar-refractivity contribution in [3.63, 3.8) is 0 Å². The lowest BCUT2D eigenvalue weighted by Crippen LogP contribution is -2.12. The Labute approximate surface area is 129 Å². The van der Waals surface area contributed by atoms with E-state index in [1.807, 2.05) is 12.1 Å². The zero-order valence-corrected chi connectivity index (χ0v) is 13.2. The average molecular weight is 305 g/mol. The zero-order chi connectivity index (χ0) is 15.6. The van der Waals surface area contributed by atoms with Gasteiger partial charge in [0.1, 0.15) is 5.82 Å². The Kier molecular flexibility index (Phi) is 4.48. The molecule has 0 aromatic heterocycles. The van der Waals surface area contributed by atoms with Crippen molar-refractivity contribution in [2.24, 2.45) is 0 Å². The molecule has 0 N–H and O–H groups in total. The predicted octanol–water partition coefficient (Wildman–Crippen LogP) is 5.20. The third kappa shape index (κ3) is 3.92. The van der Waals surface area contributed by atoms with Gasteiger partial charge in [-0.25, -0.2) is 4.39 Å². The van der Waals surface area contributed by atoms with Crippen molar-refractivity contribution in [1.29, 1.82) is 0 Å². The lowest BCUT2D eigenvalue weighted by atomic mass is 9.86. The molecule has 0 unspecified atom stereocenters. The number of Topliss-reactive ketones (excluding diaryl/α,β-unsaturated/α-hetero) is 1. The summed E-state index contributed by atoms with van der Waals surface area (Å²) in [5.41, 5.74) is 2.17. The van der Waals surface area contributed by atoms with Crippen LogP contribution in [0.5, 0.6) is 0 Å². The summed E-state index contributed by atoms with van der Waals surface area (Å²) >= 11 is 5.71. The normalized spacial score (nSPS) is 11.5. The van der Waals surface area contributed by atoms with Crippen molar-refractivity contribution >= 4 is 17.4 Å². The molecule has 21 heavy (non-hydrogen) atoms. The molecule has 0 aliphatic heterocycles. The standard InChI is InChI=1S/C18H18ClFO/c1-18(2,3)14-7-4-12(5-8-14)17(21)10-13-6-9-15(19)11-16(13)20/h4-9,11H,10H2,1-3H3. The monoisotopic (exact) mass is 304 g/mol. The number of carbonyl (C=O) groups excluding carboxylic acids is 1. The molecule has 0 saturated heterocycles. The highest BCUT2D eigenvalue weighted by molar-refractivity contribution is 6.30. The first kappa shape index (κ1) is 15.7. The van der Waals surface area contributed by atoms with Gasteiger partial charge in [-0.3, -0.25) is 4.79 Å². The highest BCUT2D eigenvalue weighted by Gasteiger charge is 2.15. The van der Waals surface area contributed by atoms with Crippen LogP contribution < -0.4 is 0 Å². The van der Waals surface area contributed by atoms with E-state index in [1.54, 1.807) is 24.3 Å². The molecule has 0 atom stereocenters. The summed E-state index contributed by atoms with van der Waals surface area (Å²) in [5, 5.41) is 0.332. The second kappa shape index (κ2) is 5.98. The quantitative estimate of drug-likeness (QED) is 0.712. The van der Waals surface area contributed by atoms with E-state index in [2.05, 4.69) is 20.8 Å². The van der Waals surface area contributed by atoms with Crippen molar-refractivity contribution in [2.45, 2.75) is 32.6 Å². The van der Waals surface area contributed by atoms with Gasteiger partial charge < -0.3 is 0 Å². The smallest absolute Gasteiger partial charge is 0.167 e. The number of hydrogen-bond acceptors (Lipinski definition) is 1. The molecule has 110 valence electrons. The fraction of sp³-hybridized carbons (Fsp3) is 0.278. The van der Waals surface area contributed by atoms with E-state index in [0.717, 1.165) is 5.56 Å². The molecule has 0 saturated carbocycles. The maximum absolute atomic E-state index is 13.7. The highest BCUT2D eigenvalue weighted by Crippen LogP contribution is 2.23. The second-order valence-corrected chi connectivity index (χ2v) is 6.60. The summed E-state index contributed by atoms with van der Waals surface area (Å²) in [6.07, 6.45) is 0.0396. The molecule has 0 fully saturated rings. The Morgan fingerprint density at radius 2 is 1.71 bits per heavy atom. The molecular formula is C18H18ClFO. The van der Waals surface area contributed by atoms with Crippen molar-refractivity contribution in [1.82, 2.24) is 0 Å². The largest absolute Gasteiger partial charge is 0.294 e. The van der Waals surface area contributed by atoms with Crippen LogP contribution in [0.25, 0.3) is 0 Å². The minimum absolute atomic E-state index is 0.0396. The Hall–Kier alpha value is -1.67. The van der Waals surface area contributed by atoms with Gasteiger partial charge in [0.2, 0.25) is 0 Å². The van der Waals surface area contributed by atoms with Crippen LogP contribution in [0, 0.1) is 5.82 Å². The fourth-order valence-electron chi connectivity index (χ4n) is 2.10. The predicted molar refractivity (Wildman–Crippen MR) is 84.6 cm³/mol. The molecular weight excluding hydrogens is 287 g/mol. The van der Waals surface area contributed by atoms with E-state index in [9.17, 15) is 9.18 Å². The van der Waals surface area contributed by atoms with E-state index in [4.69, 9.17) is 11.6 Å². The Bertz CT molecular complexity index is 654. The van der Waals surface area contributed by atoms with Gasteiger partial charge >= 0.3 is 0 Å². The van der Waals surface area contributed by atoms with Gasteiger partial charge in [0.25, 0.3) is 0 Å². The molecule has 3 heteroatoms. The molecule has 0 aliphatic carbocycles. The van der Waals surface area contributed by atoms with Gasteiger partial charge in [0.15, 0.2) is 5.78 Å². The van der Waals surface area contributed by atoms with E-state index < -0.39 is 5.82 Å². The lowest BCUT2D eigenvalue weighted by Gasteiger charge is -2.19. The molecule has 0 radical (unpaired) electrons. The van der Waals surface area contributed by atoms with Gasteiger partial charge in [0.05, 0.1) is 0 Å². The molecule has 0 spiro atoms. The van der Waals surface area contributed by atoms with Crippen molar-refractivity contribution in [3.8, 4) is 0 Å². The maximum Gasteiger partial charge on any atom is 0.167 e. The van der Waals surface area contributed by atoms with Crippen LogP contribution in [0.15, 0.2) is 42.5 Å². The van der Waals surface area contributed by atoms with Crippen molar-refractivity contribution < 1.29 is 9.18 Å². The first-order valence-corrected chi connectivity index (χ1v) is 7.23. The van der Waals surface area contributed by atoms with Crippen LogP contribution in [0.4, 0.5) is 4.39 Å². The molecule has 0 bridgehead atoms. The summed E-state index contributed by atoms with van der Waals surface area (Å²) < 4.78 is 13.7. The molecule has 2 aromatic rings. The fourth-order valence-corrected chi connectivity index (χ4v) is 2.25. The highest BCUT2D eigenvalue weighted by atomic mass is 35.5. The number of ketones is 1. The van der Waals surface area contributed by atoms with Crippen LogP contribution in [0.2, 0.25) is 5.02 Å². The number of benzene rings is 2. The SMILES string of the molecule is CC(C)(C)c1ccc(C(=O)Cc2ccc(Cl)cc2F)cc1. The molecule has 0 heterocycles. The van der Waals surface area contributed by atoms with Crippen LogP contribution in [-0.2, 0) is 11.8 Å². The average Bonchev–Trinajstić information content (AvgIpc) is 2.41. The van der Waals surface area contributed by atoms with Crippen molar-refractivity contribution in [3.05, 3.63) is 70.0 Å². The summed E-state index contributed by atoms with van der Waals surface area (Å²) in [6.45, 7) is 6.35. The third-order valence-electron chi connectivity index (χ3n) is 3.44. The molecule has 1 nitrogen and oxygen atoms in total. The number of hydrogen-bond donors (Lipinski definition) is 0. The molecule has 0 aliphatic rings. The maximum atomic E-state index is 13.7. The summed E-state index contributed by atoms with van der Waals surface area (Å²) in [7, 11) is 0. The van der Waals surface area contributed by atoms with Gasteiger partial charge in [0, 0.05) is 17.0 Å². The van der Waals surface area contributed by atoms with Gasteiger partial charge in [-0.05, 0) is 28.7 Å². The number of carbonyl (C=O) groups is 1. The third-order valence-corrected chi connectivity index (χ3v) is 3.67. The minimum Gasteiger partial charge on any atom is -0.294 e. The Morgan fingerprint density at radius 3 is 2.24 bits per heavy atom. The molecule has 0 amide bonds. The summed E-state index contributed by atoms with van der Waals surface area (Å²) in [4.78, 5) is 12.2. The van der Waals surface area contributed by atoms with E-state index in [-0.39, 0.29) is 17.6 Å². The number of halogens is 2. The minimum atomic E-state index is -0.442. The van der Waals surface area contributed by atoms with Crippen LogP contribution in [0.1, 0.15) is 42.3 Å². The van der Waals surface area contributed by atoms with Gasteiger partial charge in [-0.1, -0.05) is 62.7 Å². The van der Waals surface area contributed by atoms with Crippen LogP contribution >= 0.6 is 11.6 Å². The van der Waals surface area contributed by atoms with E-state index >= 15 is 0 Å². The van der Waals surface area contributed by atoms with E-state index in [0.29, 0.717) is 16.1 Å². The summed E-state index contributed by atoms with van der Waals surface area (Å²) in [6, 6.07) is 11.9. The zero-order valence-electron chi connectivity index (χ0n) is 12.4. The van der Waals surface area contributed by atoms with E-state index in [1.165, 1.54) is 6.07 Å². The first-order valence-electron chi connectivity index (χ1n) is 6.85. The molecule has 2 rings (SSSR count). The number of rotatable bonds is 3. The Morgan fingerprint density at radius 1 is 1.10 bits per heavy atom. The Balaban J connectivity index is 2.17.